The number of hydrogen-bond acceptors (Lipinski definition) is 0. The molecule has 0 aliphatic heterocycles. The van der Waals surface area contributed by atoms with Gasteiger partial charge >= 0.3 is 23.1 Å². The van der Waals surface area contributed by atoms with Gasteiger partial charge in [0.05, 0.1) is 0 Å². The summed E-state index contributed by atoms with van der Waals surface area (Å²) >= 11 is 0. The van der Waals surface area contributed by atoms with E-state index in [0.717, 1.165) is 0 Å². The minimum absolute atomic E-state index is 0. The van der Waals surface area contributed by atoms with E-state index in [1.807, 2.05) is 18.2 Å². The molecular weight excluding hydrogens is 108 g/mol. The van der Waals surface area contributed by atoms with Gasteiger partial charge in [0.2, 0.25) is 0 Å². The average Bonchev–Trinajstić information content (AvgIpc) is 1.69. The molecule has 1 aromatic carbocycles. The van der Waals surface area contributed by atoms with Crippen LogP contribution in [-0.4, -0.2) is 23.1 Å². The van der Waals surface area contributed by atoms with Crippen LogP contribution >= 0.6 is 0 Å². The number of aryl methyl sites for hydroxylation is 1. The molecule has 36 valence electrons. The van der Waals surface area contributed by atoms with Crippen molar-refractivity contribution in [1.29, 1.82) is 0 Å². The summed E-state index contributed by atoms with van der Waals surface area (Å²) in [4.78, 5) is 0. The van der Waals surface area contributed by atoms with Crippen molar-refractivity contribution in [2.75, 3.05) is 0 Å². The van der Waals surface area contributed by atoms with Crippen LogP contribution in [0.15, 0.2) is 30.3 Å². The Morgan fingerprint density at radius 2 is 1.50 bits per heavy atom. The molecule has 0 spiro atoms. The second kappa shape index (κ2) is 3.93. The number of benzene rings is 1. The minimum atomic E-state index is 0. The van der Waals surface area contributed by atoms with E-state index < -0.39 is 0 Å². The molecule has 0 bridgehead atoms. The SMILES string of the molecule is Cc1ccccc1.[Mg+2]. The van der Waals surface area contributed by atoms with E-state index >= 15 is 0 Å². The van der Waals surface area contributed by atoms with Gasteiger partial charge in [-0.15, -0.1) is 0 Å². The third-order valence-corrected chi connectivity index (χ3v) is 0.940. The zero-order valence-electron chi connectivity index (χ0n) is 5.09. The van der Waals surface area contributed by atoms with Gasteiger partial charge in [0.25, 0.3) is 0 Å². The molecule has 0 fully saturated rings. The number of hydrogen-bond donors (Lipinski definition) is 0. The summed E-state index contributed by atoms with van der Waals surface area (Å²) in [5.74, 6) is 0. The zero-order chi connectivity index (χ0) is 5.11. The molecule has 1 rings (SSSR count). The standard InChI is InChI=1S/C7H8.Mg/c1-7-5-3-2-4-6-7;/h2-6H,1H3;/q;+2. The van der Waals surface area contributed by atoms with Crippen LogP contribution in [0.3, 0.4) is 0 Å². The number of rotatable bonds is 0. The van der Waals surface area contributed by atoms with Crippen LogP contribution in [0.4, 0.5) is 0 Å². The Hall–Kier alpha value is -0.0138. The van der Waals surface area contributed by atoms with Crippen molar-refractivity contribution in [3.63, 3.8) is 0 Å². The molecule has 0 amide bonds. The van der Waals surface area contributed by atoms with E-state index in [1.165, 1.54) is 5.56 Å². The molecular formula is C7H8Mg+2. The summed E-state index contributed by atoms with van der Waals surface area (Å²) in [5.41, 5.74) is 1.32. The third-order valence-electron chi connectivity index (χ3n) is 0.940. The minimum Gasteiger partial charge on any atom is -0.0622 e. The largest absolute Gasteiger partial charge is 2.00 e. The molecule has 0 aliphatic rings. The van der Waals surface area contributed by atoms with Crippen molar-refractivity contribution in [3.8, 4) is 0 Å². The first-order valence-electron chi connectivity index (χ1n) is 2.41. The molecule has 8 heavy (non-hydrogen) atoms. The Kier molecular flexibility index (Phi) is 3.92. The van der Waals surface area contributed by atoms with Crippen molar-refractivity contribution >= 4 is 23.1 Å². The van der Waals surface area contributed by atoms with E-state index in [2.05, 4.69) is 19.1 Å². The van der Waals surface area contributed by atoms with Crippen molar-refractivity contribution in [1.82, 2.24) is 0 Å². The van der Waals surface area contributed by atoms with E-state index in [0.29, 0.717) is 0 Å². The smallest absolute Gasteiger partial charge is 0.0622 e. The molecule has 0 N–H and O–H groups in total. The van der Waals surface area contributed by atoms with Crippen LogP contribution in [0.2, 0.25) is 0 Å². The molecule has 0 aliphatic carbocycles. The maximum atomic E-state index is 2.08. The molecule has 0 atom stereocenters. The van der Waals surface area contributed by atoms with Gasteiger partial charge in [-0.25, -0.2) is 0 Å². The van der Waals surface area contributed by atoms with E-state index in [4.69, 9.17) is 0 Å². The fourth-order valence-electron chi connectivity index (χ4n) is 0.534. The summed E-state index contributed by atoms with van der Waals surface area (Å²) in [6.45, 7) is 2.08. The van der Waals surface area contributed by atoms with Gasteiger partial charge in [0.15, 0.2) is 0 Å². The van der Waals surface area contributed by atoms with Crippen LogP contribution in [0.25, 0.3) is 0 Å². The van der Waals surface area contributed by atoms with Crippen LogP contribution in [0.5, 0.6) is 0 Å². The summed E-state index contributed by atoms with van der Waals surface area (Å²) in [6.07, 6.45) is 0. The Bertz CT molecular complexity index is 134. The summed E-state index contributed by atoms with van der Waals surface area (Å²) in [7, 11) is 0. The predicted molar refractivity (Wildman–Crippen MR) is 36.9 cm³/mol. The summed E-state index contributed by atoms with van der Waals surface area (Å²) < 4.78 is 0. The van der Waals surface area contributed by atoms with Crippen molar-refractivity contribution in [3.05, 3.63) is 35.9 Å². The van der Waals surface area contributed by atoms with Crippen molar-refractivity contribution < 1.29 is 0 Å². The van der Waals surface area contributed by atoms with Crippen LogP contribution in [-0.2, 0) is 0 Å². The molecule has 0 saturated heterocycles. The molecule has 0 nitrogen and oxygen atoms in total. The van der Waals surface area contributed by atoms with E-state index in [-0.39, 0.29) is 23.1 Å². The first-order chi connectivity index (χ1) is 3.39. The topological polar surface area (TPSA) is 0 Å². The summed E-state index contributed by atoms with van der Waals surface area (Å²) in [5, 5.41) is 0. The predicted octanol–water partition coefficient (Wildman–Crippen LogP) is 1.61. The van der Waals surface area contributed by atoms with E-state index in [1.54, 1.807) is 0 Å². The van der Waals surface area contributed by atoms with Gasteiger partial charge in [0.1, 0.15) is 0 Å². The second-order valence-corrected chi connectivity index (χ2v) is 1.65. The molecule has 0 unspecified atom stereocenters. The molecule has 0 saturated carbocycles. The quantitative estimate of drug-likeness (QED) is 0.452. The Morgan fingerprint density at radius 1 is 1.00 bits per heavy atom. The Labute approximate surface area is 66.1 Å². The monoisotopic (exact) mass is 116 g/mol. The van der Waals surface area contributed by atoms with Gasteiger partial charge in [-0.2, -0.15) is 0 Å². The molecule has 0 aromatic heterocycles. The second-order valence-electron chi connectivity index (χ2n) is 1.65. The van der Waals surface area contributed by atoms with Crippen LogP contribution < -0.4 is 0 Å². The maximum absolute atomic E-state index is 2.08. The fourth-order valence-corrected chi connectivity index (χ4v) is 0.534. The van der Waals surface area contributed by atoms with Crippen molar-refractivity contribution in [2.45, 2.75) is 6.92 Å². The van der Waals surface area contributed by atoms with Gasteiger partial charge in [-0.1, -0.05) is 35.9 Å². The first kappa shape index (κ1) is 7.99. The molecule has 0 heterocycles. The first-order valence-corrected chi connectivity index (χ1v) is 2.41. The maximum Gasteiger partial charge on any atom is 2.00 e. The zero-order valence-corrected chi connectivity index (χ0v) is 6.51. The van der Waals surface area contributed by atoms with Gasteiger partial charge < -0.3 is 0 Å². The van der Waals surface area contributed by atoms with Crippen LogP contribution in [0.1, 0.15) is 5.56 Å². The van der Waals surface area contributed by atoms with Gasteiger partial charge in [-0.3, -0.25) is 0 Å². The third kappa shape index (κ3) is 2.33. The fraction of sp³-hybridized carbons (Fsp3) is 0.143. The van der Waals surface area contributed by atoms with Crippen molar-refractivity contribution in [2.24, 2.45) is 0 Å². The Morgan fingerprint density at radius 3 is 1.75 bits per heavy atom. The molecule has 1 heteroatoms. The van der Waals surface area contributed by atoms with Crippen LogP contribution in [0, 0.1) is 6.92 Å². The Balaban J connectivity index is 0.000000490. The molecule has 0 radical (unpaired) electrons. The average molecular weight is 116 g/mol. The van der Waals surface area contributed by atoms with E-state index in [9.17, 15) is 0 Å². The molecule has 1 aromatic rings. The normalized spacial score (nSPS) is 7.62. The summed E-state index contributed by atoms with van der Waals surface area (Å²) in [6, 6.07) is 10.3. The van der Waals surface area contributed by atoms with Gasteiger partial charge in [-0.05, 0) is 6.92 Å². The van der Waals surface area contributed by atoms with Gasteiger partial charge in [0, 0.05) is 0 Å².